The molecule has 1 amide bonds. The minimum absolute atomic E-state index is 0.0152. The van der Waals surface area contributed by atoms with Gasteiger partial charge >= 0.3 is 5.97 Å². The van der Waals surface area contributed by atoms with Crippen LogP contribution < -0.4 is 5.32 Å². The maximum atomic E-state index is 11.8. The molecule has 0 fully saturated rings. The molecular formula is C13H18ClN3O3. The number of halogens is 1. The Labute approximate surface area is 122 Å². The summed E-state index contributed by atoms with van der Waals surface area (Å²) in [6.45, 7) is 5.45. The van der Waals surface area contributed by atoms with Crippen molar-refractivity contribution in [2.24, 2.45) is 0 Å². The molecule has 0 aliphatic carbocycles. The molecule has 0 unspecified atom stereocenters. The predicted molar refractivity (Wildman–Crippen MR) is 77.2 cm³/mol. The minimum atomic E-state index is -1.09. The molecule has 1 aromatic rings. The van der Waals surface area contributed by atoms with Gasteiger partial charge in [-0.2, -0.15) is 0 Å². The van der Waals surface area contributed by atoms with Crippen LogP contribution in [0.4, 0.5) is 5.82 Å². The predicted octanol–water partition coefficient (Wildman–Crippen LogP) is 2.10. The second-order valence-electron chi connectivity index (χ2n) is 4.08. The van der Waals surface area contributed by atoms with Crippen LogP contribution in [0.1, 0.15) is 30.6 Å². The molecule has 0 atom stereocenters. The second kappa shape index (κ2) is 7.69. The average molecular weight is 300 g/mol. The van der Waals surface area contributed by atoms with Gasteiger partial charge in [-0.3, -0.25) is 4.79 Å². The molecule has 0 bridgehead atoms. The molecule has 20 heavy (non-hydrogen) atoms. The summed E-state index contributed by atoms with van der Waals surface area (Å²) < 4.78 is 0. The van der Waals surface area contributed by atoms with E-state index in [1.54, 1.807) is 4.90 Å². The van der Waals surface area contributed by atoms with E-state index in [-0.39, 0.29) is 28.9 Å². The molecule has 0 saturated heterocycles. The first kappa shape index (κ1) is 16.2. The zero-order valence-corrected chi connectivity index (χ0v) is 12.3. The highest BCUT2D eigenvalue weighted by Crippen LogP contribution is 2.16. The van der Waals surface area contributed by atoms with Crippen LogP contribution in [0, 0.1) is 0 Å². The van der Waals surface area contributed by atoms with E-state index in [1.165, 1.54) is 12.1 Å². The van der Waals surface area contributed by atoms with E-state index < -0.39 is 5.97 Å². The fourth-order valence-electron chi connectivity index (χ4n) is 1.76. The van der Waals surface area contributed by atoms with Crippen LogP contribution in [0.25, 0.3) is 0 Å². The summed E-state index contributed by atoms with van der Waals surface area (Å²) in [6, 6.07) is 2.80. The number of aromatic nitrogens is 1. The average Bonchev–Trinajstić information content (AvgIpc) is 2.39. The Hall–Kier alpha value is -1.82. The quantitative estimate of drug-likeness (QED) is 0.753. The third-order valence-corrected chi connectivity index (χ3v) is 3.05. The lowest BCUT2D eigenvalue weighted by molar-refractivity contribution is -0.130. The molecule has 0 aliphatic rings. The topological polar surface area (TPSA) is 82.5 Å². The number of carboxylic acid groups (broad SMARTS) is 1. The van der Waals surface area contributed by atoms with Gasteiger partial charge in [0.05, 0.1) is 0 Å². The Morgan fingerprint density at radius 3 is 2.55 bits per heavy atom. The number of nitrogens with one attached hydrogen (secondary N) is 1. The molecule has 1 rings (SSSR count). The van der Waals surface area contributed by atoms with Crippen molar-refractivity contribution in [2.45, 2.75) is 20.3 Å². The summed E-state index contributed by atoms with van der Waals surface area (Å²) in [6.07, 6.45) is 0.273. The summed E-state index contributed by atoms with van der Waals surface area (Å²) in [5.41, 5.74) is 0.0321. The number of carbonyl (C=O) groups is 2. The van der Waals surface area contributed by atoms with Crippen molar-refractivity contribution in [3.63, 3.8) is 0 Å². The largest absolute Gasteiger partial charge is 0.478 e. The number of aromatic carboxylic acids is 1. The number of carbonyl (C=O) groups excluding carboxylic acids is 1. The lowest BCUT2D eigenvalue weighted by Gasteiger charge is -2.18. The first-order valence-electron chi connectivity index (χ1n) is 6.41. The molecule has 0 radical (unpaired) electrons. The van der Waals surface area contributed by atoms with Crippen LogP contribution in [-0.2, 0) is 4.79 Å². The van der Waals surface area contributed by atoms with Crippen LogP contribution in [0.5, 0.6) is 0 Å². The van der Waals surface area contributed by atoms with Gasteiger partial charge in [-0.25, -0.2) is 9.78 Å². The van der Waals surface area contributed by atoms with Gasteiger partial charge in [0.2, 0.25) is 5.91 Å². The third kappa shape index (κ3) is 4.38. The van der Waals surface area contributed by atoms with Crippen LogP contribution in [0.3, 0.4) is 0 Å². The van der Waals surface area contributed by atoms with Gasteiger partial charge in [0.1, 0.15) is 16.5 Å². The lowest BCUT2D eigenvalue weighted by atomic mass is 10.2. The summed E-state index contributed by atoms with van der Waals surface area (Å²) >= 11 is 5.74. The number of pyridine rings is 1. The van der Waals surface area contributed by atoms with Crippen LogP contribution >= 0.6 is 11.6 Å². The molecule has 2 N–H and O–H groups in total. The van der Waals surface area contributed by atoms with Crippen molar-refractivity contribution in [2.75, 3.05) is 25.0 Å². The van der Waals surface area contributed by atoms with Crippen molar-refractivity contribution in [1.82, 2.24) is 9.88 Å². The number of nitrogens with zero attached hydrogens (tertiary/aromatic N) is 2. The van der Waals surface area contributed by atoms with Crippen molar-refractivity contribution < 1.29 is 14.7 Å². The number of hydrogen-bond acceptors (Lipinski definition) is 4. The van der Waals surface area contributed by atoms with Crippen LogP contribution in [0.15, 0.2) is 12.1 Å². The highest BCUT2D eigenvalue weighted by molar-refractivity contribution is 6.29. The molecule has 1 heterocycles. The van der Waals surface area contributed by atoms with Gasteiger partial charge in [0.25, 0.3) is 0 Å². The first-order chi connectivity index (χ1) is 9.49. The number of carboxylic acids is 1. The zero-order chi connectivity index (χ0) is 15.1. The molecule has 0 spiro atoms. The van der Waals surface area contributed by atoms with E-state index in [1.807, 2.05) is 13.8 Å². The highest BCUT2D eigenvalue weighted by atomic mass is 35.5. The van der Waals surface area contributed by atoms with Gasteiger partial charge in [0.15, 0.2) is 0 Å². The smallest absolute Gasteiger partial charge is 0.339 e. The summed E-state index contributed by atoms with van der Waals surface area (Å²) in [5.74, 6) is -0.898. The van der Waals surface area contributed by atoms with Gasteiger partial charge in [-0.05, 0) is 26.0 Å². The van der Waals surface area contributed by atoms with Gasteiger partial charge < -0.3 is 15.3 Å². The molecule has 1 aromatic heterocycles. The molecule has 0 saturated carbocycles. The maximum absolute atomic E-state index is 11.8. The SMILES string of the molecule is CCN(CC)C(=O)CCNc1nc(Cl)ccc1C(=O)O. The number of hydrogen-bond donors (Lipinski definition) is 2. The molecule has 110 valence electrons. The fourth-order valence-corrected chi connectivity index (χ4v) is 1.91. The van der Waals surface area contributed by atoms with Crippen molar-refractivity contribution in [3.8, 4) is 0 Å². The summed E-state index contributed by atoms with van der Waals surface area (Å²) in [5, 5.41) is 12.1. The standard InChI is InChI=1S/C13H18ClN3O3/c1-3-17(4-2)11(18)7-8-15-12-9(13(19)20)5-6-10(14)16-12/h5-6H,3-4,7-8H2,1-2H3,(H,15,16)(H,19,20). The highest BCUT2D eigenvalue weighted by Gasteiger charge is 2.13. The summed E-state index contributed by atoms with van der Waals surface area (Å²) in [7, 11) is 0. The van der Waals surface area contributed by atoms with Gasteiger partial charge in [0, 0.05) is 26.1 Å². The fraction of sp³-hybridized carbons (Fsp3) is 0.462. The molecule has 0 aliphatic heterocycles. The first-order valence-corrected chi connectivity index (χ1v) is 6.78. The van der Waals surface area contributed by atoms with Crippen LogP contribution in [-0.4, -0.2) is 46.5 Å². The Morgan fingerprint density at radius 2 is 2.00 bits per heavy atom. The monoisotopic (exact) mass is 299 g/mol. The van der Waals surface area contributed by atoms with Crippen molar-refractivity contribution in [1.29, 1.82) is 0 Å². The Balaban J connectivity index is 2.64. The second-order valence-corrected chi connectivity index (χ2v) is 4.47. The maximum Gasteiger partial charge on any atom is 0.339 e. The number of rotatable bonds is 7. The summed E-state index contributed by atoms with van der Waals surface area (Å²) in [4.78, 5) is 28.5. The zero-order valence-electron chi connectivity index (χ0n) is 11.5. The minimum Gasteiger partial charge on any atom is -0.478 e. The Morgan fingerprint density at radius 1 is 1.35 bits per heavy atom. The van der Waals surface area contributed by atoms with E-state index >= 15 is 0 Å². The van der Waals surface area contributed by atoms with Crippen molar-refractivity contribution in [3.05, 3.63) is 22.8 Å². The normalized spacial score (nSPS) is 10.2. The van der Waals surface area contributed by atoms with Crippen molar-refractivity contribution >= 4 is 29.3 Å². The van der Waals surface area contributed by atoms with Gasteiger partial charge in [-0.15, -0.1) is 0 Å². The van der Waals surface area contributed by atoms with Gasteiger partial charge in [-0.1, -0.05) is 11.6 Å². The van der Waals surface area contributed by atoms with E-state index in [0.29, 0.717) is 19.6 Å². The number of amides is 1. The Bertz CT molecular complexity index is 490. The van der Waals surface area contributed by atoms with E-state index in [2.05, 4.69) is 10.3 Å². The van der Waals surface area contributed by atoms with Crippen LogP contribution in [0.2, 0.25) is 5.15 Å². The molecule has 7 heteroatoms. The molecule has 6 nitrogen and oxygen atoms in total. The van der Waals surface area contributed by atoms with E-state index in [0.717, 1.165) is 0 Å². The lowest BCUT2D eigenvalue weighted by Crippen LogP contribution is -2.31. The Kier molecular flexibility index (Phi) is 6.24. The third-order valence-electron chi connectivity index (χ3n) is 2.84. The van der Waals surface area contributed by atoms with E-state index in [4.69, 9.17) is 16.7 Å². The molecule has 0 aromatic carbocycles. The van der Waals surface area contributed by atoms with E-state index in [9.17, 15) is 9.59 Å². The number of anilines is 1. The molecular weight excluding hydrogens is 282 g/mol.